The Morgan fingerprint density at radius 2 is 1.96 bits per heavy atom. The van der Waals surface area contributed by atoms with E-state index in [-0.39, 0.29) is 21.4 Å². The SMILES string of the molecule is COc1ccc(Cl)c(S(=O)(=O)NC(=O)c2cn(-c3c(Cl)cccc3I)cn2)c1. The highest BCUT2D eigenvalue weighted by atomic mass is 127. The molecule has 146 valence electrons. The van der Waals surface area contributed by atoms with E-state index in [0.29, 0.717) is 10.7 Å². The number of ether oxygens (including phenoxy) is 1. The van der Waals surface area contributed by atoms with Crippen LogP contribution in [0.5, 0.6) is 5.75 Å². The van der Waals surface area contributed by atoms with E-state index in [1.54, 1.807) is 16.7 Å². The molecular weight excluding hydrogens is 540 g/mol. The van der Waals surface area contributed by atoms with Crippen LogP contribution >= 0.6 is 45.8 Å². The molecule has 0 atom stereocenters. The van der Waals surface area contributed by atoms with Crippen LogP contribution in [0.3, 0.4) is 0 Å². The first-order valence-corrected chi connectivity index (χ1v) is 10.9. The van der Waals surface area contributed by atoms with Crippen molar-refractivity contribution in [3.8, 4) is 11.4 Å². The number of aromatic nitrogens is 2. The normalized spacial score (nSPS) is 11.3. The number of benzene rings is 2. The third-order valence-corrected chi connectivity index (χ3v) is 6.65. The van der Waals surface area contributed by atoms with Gasteiger partial charge in [0.2, 0.25) is 0 Å². The summed E-state index contributed by atoms with van der Waals surface area (Å²) in [6.07, 6.45) is 2.77. The second-order valence-corrected chi connectivity index (χ2v) is 9.09. The summed E-state index contributed by atoms with van der Waals surface area (Å²) in [4.78, 5) is 16.1. The second kappa shape index (κ2) is 8.27. The molecule has 1 aromatic heterocycles. The average molecular weight is 552 g/mol. The molecular formula is C17H12Cl2IN3O4S. The van der Waals surface area contributed by atoms with E-state index in [1.807, 2.05) is 10.8 Å². The molecule has 28 heavy (non-hydrogen) atoms. The maximum absolute atomic E-state index is 12.6. The topological polar surface area (TPSA) is 90.3 Å². The lowest BCUT2D eigenvalue weighted by atomic mass is 10.3. The largest absolute Gasteiger partial charge is 0.497 e. The lowest BCUT2D eigenvalue weighted by molar-refractivity contribution is 0.0977. The summed E-state index contributed by atoms with van der Waals surface area (Å²) in [5.74, 6) is -0.616. The molecule has 2 aromatic carbocycles. The van der Waals surface area contributed by atoms with Crippen LogP contribution in [-0.2, 0) is 10.0 Å². The summed E-state index contributed by atoms with van der Waals surface area (Å²) < 4.78 is 34.5. The molecule has 0 bridgehead atoms. The number of hydrogen-bond donors (Lipinski definition) is 1. The predicted molar refractivity (Wildman–Crippen MR) is 114 cm³/mol. The lowest BCUT2D eigenvalue weighted by Gasteiger charge is -2.09. The zero-order chi connectivity index (χ0) is 20.5. The number of para-hydroxylation sites is 1. The van der Waals surface area contributed by atoms with Crippen molar-refractivity contribution >= 4 is 61.7 Å². The molecule has 0 radical (unpaired) electrons. The van der Waals surface area contributed by atoms with Crippen molar-refractivity contribution < 1.29 is 17.9 Å². The van der Waals surface area contributed by atoms with Gasteiger partial charge in [0.15, 0.2) is 0 Å². The first kappa shape index (κ1) is 20.9. The first-order valence-electron chi connectivity index (χ1n) is 7.62. The van der Waals surface area contributed by atoms with Crippen LogP contribution in [0.25, 0.3) is 5.69 Å². The Morgan fingerprint density at radius 3 is 2.64 bits per heavy atom. The van der Waals surface area contributed by atoms with Gasteiger partial charge in [0.1, 0.15) is 22.7 Å². The van der Waals surface area contributed by atoms with Crippen LogP contribution in [0.4, 0.5) is 0 Å². The standard InChI is InChI=1S/C17H12Cl2IN3O4S/c1-27-10-5-6-11(18)15(7-10)28(25,26)22-17(24)14-8-23(9-21-14)16-12(19)3-2-4-13(16)20/h2-9H,1H3,(H,22,24). The van der Waals surface area contributed by atoms with Gasteiger partial charge in [0, 0.05) is 15.8 Å². The van der Waals surface area contributed by atoms with Crippen LogP contribution in [0, 0.1) is 3.57 Å². The molecule has 0 aliphatic heterocycles. The smallest absolute Gasteiger partial charge is 0.285 e. The lowest BCUT2D eigenvalue weighted by Crippen LogP contribution is -2.31. The second-order valence-electron chi connectivity index (χ2n) is 5.47. The molecule has 0 unspecified atom stereocenters. The Labute approximate surface area is 184 Å². The molecule has 3 aromatic rings. The Balaban J connectivity index is 1.89. The molecule has 7 nitrogen and oxygen atoms in total. The van der Waals surface area contributed by atoms with Crippen molar-refractivity contribution in [1.29, 1.82) is 0 Å². The fourth-order valence-corrected chi connectivity index (χ4v) is 5.03. The van der Waals surface area contributed by atoms with E-state index >= 15 is 0 Å². The minimum absolute atomic E-state index is 0.0442. The summed E-state index contributed by atoms with van der Waals surface area (Å²) in [7, 11) is -2.84. The summed E-state index contributed by atoms with van der Waals surface area (Å²) in [6, 6.07) is 9.44. The van der Waals surface area contributed by atoms with Crippen LogP contribution in [0.2, 0.25) is 10.0 Å². The highest BCUT2D eigenvalue weighted by Gasteiger charge is 2.24. The zero-order valence-corrected chi connectivity index (χ0v) is 18.7. The summed E-state index contributed by atoms with van der Waals surface area (Å²) >= 11 is 14.3. The maximum atomic E-state index is 12.6. The molecule has 0 saturated carbocycles. The third kappa shape index (κ3) is 4.27. The number of hydrogen-bond acceptors (Lipinski definition) is 5. The van der Waals surface area contributed by atoms with E-state index in [1.165, 1.54) is 37.8 Å². The summed E-state index contributed by atoms with van der Waals surface area (Å²) in [5, 5.41) is 0.421. The fourth-order valence-electron chi connectivity index (χ4n) is 2.34. The van der Waals surface area contributed by atoms with Crippen molar-refractivity contribution in [3.63, 3.8) is 0 Å². The van der Waals surface area contributed by atoms with Gasteiger partial charge in [0.05, 0.1) is 22.8 Å². The van der Waals surface area contributed by atoms with Crippen molar-refractivity contribution in [2.45, 2.75) is 4.90 Å². The Morgan fingerprint density at radius 1 is 1.21 bits per heavy atom. The molecule has 1 amide bonds. The third-order valence-electron chi connectivity index (χ3n) is 3.67. The van der Waals surface area contributed by atoms with Crippen molar-refractivity contribution in [1.82, 2.24) is 14.3 Å². The van der Waals surface area contributed by atoms with E-state index in [9.17, 15) is 13.2 Å². The van der Waals surface area contributed by atoms with Crippen LogP contribution < -0.4 is 9.46 Å². The minimum atomic E-state index is -4.23. The molecule has 11 heteroatoms. The van der Waals surface area contributed by atoms with Gasteiger partial charge in [-0.05, 0) is 46.9 Å². The number of amides is 1. The summed E-state index contributed by atoms with van der Waals surface area (Å²) in [5.41, 5.74) is 0.535. The number of sulfonamides is 1. The van der Waals surface area contributed by atoms with Crippen molar-refractivity contribution in [2.75, 3.05) is 7.11 Å². The number of nitrogens with one attached hydrogen (secondary N) is 1. The van der Waals surface area contributed by atoms with Crippen molar-refractivity contribution in [2.24, 2.45) is 0 Å². The van der Waals surface area contributed by atoms with Gasteiger partial charge < -0.3 is 9.30 Å². The van der Waals surface area contributed by atoms with Gasteiger partial charge in [-0.15, -0.1) is 0 Å². The van der Waals surface area contributed by atoms with Gasteiger partial charge in [0.25, 0.3) is 15.9 Å². The predicted octanol–water partition coefficient (Wildman–Crippen LogP) is 3.91. The van der Waals surface area contributed by atoms with Crippen LogP contribution in [0.1, 0.15) is 10.5 Å². The van der Waals surface area contributed by atoms with Gasteiger partial charge in [-0.2, -0.15) is 0 Å². The van der Waals surface area contributed by atoms with E-state index < -0.39 is 15.9 Å². The molecule has 1 N–H and O–H groups in total. The van der Waals surface area contributed by atoms with Crippen LogP contribution in [0.15, 0.2) is 53.8 Å². The molecule has 1 heterocycles. The summed E-state index contributed by atoms with van der Waals surface area (Å²) in [6.45, 7) is 0. The number of halogens is 3. The van der Waals surface area contributed by atoms with Gasteiger partial charge in [-0.1, -0.05) is 29.3 Å². The number of carbonyl (C=O) groups is 1. The van der Waals surface area contributed by atoms with Gasteiger partial charge in [-0.3, -0.25) is 4.79 Å². The highest BCUT2D eigenvalue weighted by Crippen LogP contribution is 2.27. The number of imidazole rings is 1. The monoisotopic (exact) mass is 551 g/mol. The van der Waals surface area contributed by atoms with E-state index in [4.69, 9.17) is 27.9 Å². The number of carbonyl (C=O) groups excluding carboxylic acids is 1. The Hall–Kier alpha value is -1.82. The van der Waals surface area contributed by atoms with E-state index in [2.05, 4.69) is 27.6 Å². The van der Waals surface area contributed by atoms with Gasteiger partial charge >= 0.3 is 0 Å². The molecule has 0 fully saturated rings. The molecule has 0 aliphatic rings. The first-order chi connectivity index (χ1) is 13.2. The maximum Gasteiger partial charge on any atom is 0.285 e. The number of nitrogens with zero attached hydrogens (tertiary/aromatic N) is 2. The number of methoxy groups -OCH3 is 1. The van der Waals surface area contributed by atoms with E-state index in [0.717, 1.165) is 3.57 Å². The molecule has 3 rings (SSSR count). The Kier molecular flexibility index (Phi) is 6.18. The number of rotatable bonds is 5. The molecule has 0 saturated heterocycles. The van der Waals surface area contributed by atoms with Gasteiger partial charge in [-0.25, -0.2) is 18.1 Å². The molecule has 0 aliphatic carbocycles. The Bertz CT molecular complexity index is 1140. The average Bonchev–Trinajstić information content (AvgIpc) is 3.11. The van der Waals surface area contributed by atoms with Crippen molar-refractivity contribution in [3.05, 3.63) is 68.2 Å². The fraction of sp³-hybridized carbons (Fsp3) is 0.0588. The van der Waals surface area contributed by atoms with Crippen LogP contribution in [-0.4, -0.2) is 31.0 Å². The zero-order valence-electron chi connectivity index (χ0n) is 14.2. The quantitative estimate of drug-likeness (QED) is 0.486. The minimum Gasteiger partial charge on any atom is -0.497 e. The highest BCUT2D eigenvalue weighted by molar-refractivity contribution is 14.1. The molecule has 0 spiro atoms.